The molecule has 0 radical (unpaired) electrons. The van der Waals surface area contributed by atoms with E-state index in [0.717, 1.165) is 54.3 Å². The van der Waals surface area contributed by atoms with Crippen LogP contribution in [0.25, 0.3) is 10.9 Å². The average Bonchev–Trinajstić information content (AvgIpc) is 2.81. The highest BCUT2D eigenvalue weighted by Gasteiger charge is 2.18. The lowest BCUT2D eigenvalue weighted by molar-refractivity contribution is 0.0527. The van der Waals surface area contributed by atoms with Gasteiger partial charge in [0.1, 0.15) is 11.3 Å². The largest absolute Gasteiger partial charge is 0.494 e. The van der Waals surface area contributed by atoms with Gasteiger partial charge >= 0.3 is 5.97 Å². The Bertz CT molecular complexity index is 1050. The molecule has 162 valence electrons. The van der Waals surface area contributed by atoms with Crippen molar-refractivity contribution >= 4 is 33.9 Å². The molecule has 4 rings (SSSR count). The van der Waals surface area contributed by atoms with Crippen molar-refractivity contribution in [1.82, 2.24) is 4.98 Å². The van der Waals surface area contributed by atoms with Gasteiger partial charge in [-0.2, -0.15) is 0 Å². The third-order valence-electron chi connectivity index (χ3n) is 5.16. The van der Waals surface area contributed by atoms with Crippen LogP contribution in [0.1, 0.15) is 24.2 Å². The summed E-state index contributed by atoms with van der Waals surface area (Å²) in [5.74, 6) is 0.315. The zero-order valence-corrected chi connectivity index (χ0v) is 17.9. The van der Waals surface area contributed by atoms with Crippen molar-refractivity contribution in [2.24, 2.45) is 0 Å². The molecule has 1 N–H and O–H groups in total. The number of hydrogen-bond donors (Lipinski definition) is 1. The molecule has 1 fully saturated rings. The predicted octanol–water partition coefficient (Wildman–Crippen LogP) is 4.39. The van der Waals surface area contributed by atoms with Gasteiger partial charge in [-0.15, -0.1) is 0 Å². The van der Waals surface area contributed by atoms with E-state index >= 15 is 0 Å². The van der Waals surface area contributed by atoms with Crippen molar-refractivity contribution in [3.63, 3.8) is 0 Å². The molecule has 0 unspecified atom stereocenters. The number of rotatable bonds is 7. The molecule has 0 saturated carbocycles. The van der Waals surface area contributed by atoms with Gasteiger partial charge in [-0.05, 0) is 56.3 Å². The summed E-state index contributed by atoms with van der Waals surface area (Å²) >= 11 is 0. The standard InChI is InChI=1S/C24H27N3O4/c1-3-30-19-9-10-22-20(15-19)23(21(16-25-22)24(28)31-4-2)26-17-5-7-18(8-6-17)27-11-13-29-14-12-27/h5-10,15-16H,3-4,11-14H2,1-2H3,(H,25,26). The smallest absolute Gasteiger partial charge is 0.341 e. The maximum absolute atomic E-state index is 12.6. The van der Waals surface area contributed by atoms with Crippen molar-refractivity contribution in [2.75, 3.05) is 49.7 Å². The third-order valence-corrected chi connectivity index (χ3v) is 5.16. The molecule has 1 aromatic heterocycles. The van der Waals surface area contributed by atoms with Gasteiger partial charge in [0.15, 0.2) is 0 Å². The number of esters is 1. The van der Waals surface area contributed by atoms with E-state index in [9.17, 15) is 4.79 Å². The van der Waals surface area contributed by atoms with Gasteiger partial charge in [0.05, 0.1) is 37.6 Å². The topological polar surface area (TPSA) is 72.9 Å². The number of aromatic nitrogens is 1. The second kappa shape index (κ2) is 9.66. The minimum absolute atomic E-state index is 0.295. The number of carbonyl (C=O) groups is 1. The van der Waals surface area contributed by atoms with Crippen molar-refractivity contribution < 1.29 is 19.0 Å². The lowest BCUT2D eigenvalue weighted by Gasteiger charge is -2.29. The highest BCUT2D eigenvalue weighted by Crippen LogP contribution is 2.33. The summed E-state index contributed by atoms with van der Waals surface area (Å²) in [6.45, 7) is 7.83. The van der Waals surface area contributed by atoms with Crippen LogP contribution in [0.5, 0.6) is 5.75 Å². The number of carbonyl (C=O) groups excluding carboxylic acids is 1. The first-order valence-electron chi connectivity index (χ1n) is 10.6. The summed E-state index contributed by atoms with van der Waals surface area (Å²) in [7, 11) is 0. The maximum Gasteiger partial charge on any atom is 0.341 e. The predicted molar refractivity (Wildman–Crippen MR) is 122 cm³/mol. The Hall–Kier alpha value is -3.32. The summed E-state index contributed by atoms with van der Waals surface area (Å²) in [5, 5.41) is 4.21. The fourth-order valence-corrected chi connectivity index (χ4v) is 3.65. The molecule has 3 aromatic rings. The summed E-state index contributed by atoms with van der Waals surface area (Å²) < 4.78 is 16.4. The zero-order valence-electron chi connectivity index (χ0n) is 17.9. The van der Waals surface area contributed by atoms with E-state index in [4.69, 9.17) is 14.2 Å². The van der Waals surface area contributed by atoms with Crippen LogP contribution in [-0.2, 0) is 9.47 Å². The zero-order chi connectivity index (χ0) is 21.6. The van der Waals surface area contributed by atoms with E-state index in [1.54, 1.807) is 13.1 Å². The van der Waals surface area contributed by atoms with Crippen LogP contribution in [0.4, 0.5) is 17.1 Å². The SMILES string of the molecule is CCOC(=O)c1cnc2ccc(OCC)cc2c1Nc1ccc(N2CCOCC2)cc1. The van der Waals surface area contributed by atoms with Crippen molar-refractivity contribution in [3.05, 3.63) is 54.2 Å². The van der Waals surface area contributed by atoms with Crippen molar-refractivity contribution in [2.45, 2.75) is 13.8 Å². The number of nitrogens with zero attached hydrogens (tertiary/aromatic N) is 2. The number of fused-ring (bicyclic) bond motifs is 1. The van der Waals surface area contributed by atoms with Gasteiger partial charge in [-0.3, -0.25) is 4.98 Å². The molecular formula is C24H27N3O4. The van der Waals surface area contributed by atoms with E-state index in [0.29, 0.717) is 24.5 Å². The lowest BCUT2D eigenvalue weighted by Crippen LogP contribution is -2.36. The second-order valence-corrected chi connectivity index (χ2v) is 7.15. The number of hydrogen-bond acceptors (Lipinski definition) is 7. The molecule has 2 heterocycles. The summed E-state index contributed by atoms with van der Waals surface area (Å²) in [6, 6.07) is 13.8. The van der Waals surface area contributed by atoms with Crippen LogP contribution in [0.2, 0.25) is 0 Å². The second-order valence-electron chi connectivity index (χ2n) is 7.15. The average molecular weight is 421 g/mol. The number of benzene rings is 2. The molecule has 0 bridgehead atoms. The molecule has 2 aromatic carbocycles. The van der Waals surface area contributed by atoms with E-state index in [-0.39, 0.29) is 0 Å². The number of anilines is 3. The first kappa shape index (κ1) is 20.9. The van der Waals surface area contributed by atoms with Gasteiger partial charge in [0, 0.05) is 36.0 Å². The molecule has 0 spiro atoms. The van der Waals surface area contributed by atoms with Crippen LogP contribution in [0.15, 0.2) is 48.7 Å². The van der Waals surface area contributed by atoms with Crippen LogP contribution >= 0.6 is 0 Å². The summed E-state index contributed by atoms with van der Waals surface area (Å²) in [6.07, 6.45) is 1.56. The molecular weight excluding hydrogens is 394 g/mol. The van der Waals surface area contributed by atoms with Gasteiger partial charge in [0.2, 0.25) is 0 Å². The first-order valence-corrected chi connectivity index (χ1v) is 10.6. The van der Waals surface area contributed by atoms with Gasteiger partial charge < -0.3 is 24.4 Å². The fraction of sp³-hybridized carbons (Fsp3) is 0.333. The minimum atomic E-state index is -0.411. The van der Waals surface area contributed by atoms with Crippen LogP contribution in [0, 0.1) is 0 Å². The summed E-state index contributed by atoms with van der Waals surface area (Å²) in [4.78, 5) is 19.4. The molecule has 1 saturated heterocycles. The Morgan fingerprint density at radius 1 is 1.10 bits per heavy atom. The Morgan fingerprint density at radius 3 is 2.58 bits per heavy atom. The Labute approximate surface area is 181 Å². The number of morpholine rings is 1. The first-order chi connectivity index (χ1) is 15.2. The summed E-state index contributed by atoms with van der Waals surface area (Å²) in [5.41, 5.74) is 3.84. The quantitative estimate of drug-likeness (QED) is 0.567. The number of ether oxygens (including phenoxy) is 3. The molecule has 7 nitrogen and oxygen atoms in total. The Balaban J connectivity index is 1.70. The molecule has 31 heavy (non-hydrogen) atoms. The molecule has 0 atom stereocenters. The fourth-order valence-electron chi connectivity index (χ4n) is 3.65. The highest BCUT2D eigenvalue weighted by molar-refractivity contribution is 6.06. The van der Waals surface area contributed by atoms with Crippen molar-refractivity contribution in [1.29, 1.82) is 0 Å². The van der Waals surface area contributed by atoms with E-state index in [1.807, 2.05) is 37.3 Å². The third kappa shape index (κ3) is 4.72. The van der Waals surface area contributed by atoms with E-state index in [1.165, 1.54) is 0 Å². The normalized spacial score (nSPS) is 13.8. The van der Waals surface area contributed by atoms with Crippen LogP contribution in [-0.4, -0.2) is 50.5 Å². The minimum Gasteiger partial charge on any atom is -0.494 e. The number of pyridine rings is 1. The molecule has 1 aliphatic rings. The van der Waals surface area contributed by atoms with E-state index < -0.39 is 5.97 Å². The molecule has 1 aliphatic heterocycles. The number of nitrogens with one attached hydrogen (secondary N) is 1. The Morgan fingerprint density at radius 2 is 1.87 bits per heavy atom. The highest BCUT2D eigenvalue weighted by atomic mass is 16.5. The van der Waals surface area contributed by atoms with Crippen LogP contribution < -0.4 is 15.0 Å². The van der Waals surface area contributed by atoms with E-state index in [2.05, 4.69) is 27.3 Å². The molecule has 0 amide bonds. The van der Waals surface area contributed by atoms with Gasteiger partial charge in [-0.1, -0.05) is 0 Å². The molecule has 0 aliphatic carbocycles. The Kier molecular flexibility index (Phi) is 6.52. The van der Waals surface area contributed by atoms with Gasteiger partial charge in [0.25, 0.3) is 0 Å². The maximum atomic E-state index is 12.6. The molecule has 7 heteroatoms. The monoisotopic (exact) mass is 421 g/mol. The lowest BCUT2D eigenvalue weighted by atomic mass is 10.1. The van der Waals surface area contributed by atoms with Crippen LogP contribution in [0.3, 0.4) is 0 Å². The van der Waals surface area contributed by atoms with Gasteiger partial charge in [-0.25, -0.2) is 4.79 Å². The van der Waals surface area contributed by atoms with Crippen molar-refractivity contribution in [3.8, 4) is 5.75 Å².